The number of fused-ring (bicyclic) bond motifs is 2. The van der Waals surface area contributed by atoms with Crippen molar-refractivity contribution in [2.24, 2.45) is 0 Å². The Bertz CT molecular complexity index is 944. The predicted molar refractivity (Wildman–Crippen MR) is 103 cm³/mol. The lowest BCUT2D eigenvalue weighted by molar-refractivity contribution is -0.136. The Morgan fingerprint density at radius 2 is 1.85 bits per heavy atom. The number of aromatic nitrogens is 2. The van der Waals surface area contributed by atoms with Crippen molar-refractivity contribution in [3.05, 3.63) is 34.4 Å². The summed E-state index contributed by atoms with van der Waals surface area (Å²) in [5.74, 6) is -0.499. The first-order valence-corrected chi connectivity index (χ1v) is 9.77. The highest BCUT2D eigenvalue weighted by atomic mass is 16.2. The molecule has 4 rings (SSSR count). The maximum atomic E-state index is 12.9. The first-order valence-electron chi connectivity index (χ1n) is 9.77. The molecule has 2 N–H and O–H groups in total. The third kappa shape index (κ3) is 3.72. The van der Waals surface area contributed by atoms with E-state index in [1.54, 1.807) is 22.8 Å². The van der Waals surface area contributed by atoms with Crippen LogP contribution in [0.25, 0.3) is 10.9 Å². The smallest absolute Gasteiger partial charge is 0.313 e. The molecule has 0 atom stereocenters. The zero-order valence-electron chi connectivity index (χ0n) is 15.3. The number of nitrogens with one attached hydrogen (secondary N) is 2. The Kier molecular flexibility index (Phi) is 4.92. The fourth-order valence-corrected chi connectivity index (χ4v) is 4.00. The van der Waals surface area contributed by atoms with E-state index in [9.17, 15) is 14.4 Å². The molecule has 2 aromatic rings. The van der Waals surface area contributed by atoms with Crippen molar-refractivity contribution in [3.63, 3.8) is 0 Å². The average Bonchev–Trinajstić information content (AvgIpc) is 3.05. The van der Waals surface area contributed by atoms with Gasteiger partial charge < -0.3 is 10.6 Å². The van der Waals surface area contributed by atoms with Crippen molar-refractivity contribution in [1.82, 2.24) is 14.9 Å². The first-order chi connectivity index (χ1) is 13.1. The van der Waals surface area contributed by atoms with Gasteiger partial charge in [0.2, 0.25) is 0 Å². The summed E-state index contributed by atoms with van der Waals surface area (Å²) >= 11 is 0. The number of rotatable bonds is 2. The number of nitrogens with zero attached hydrogens (tertiary/aromatic N) is 2. The predicted octanol–water partition coefficient (Wildman–Crippen LogP) is 2.12. The van der Waals surface area contributed by atoms with Crippen LogP contribution < -0.4 is 16.2 Å². The van der Waals surface area contributed by atoms with E-state index in [2.05, 4.69) is 15.6 Å². The second kappa shape index (κ2) is 7.50. The minimum Gasteiger partial charge on any atom is -0.345 e. The Labute approximate surface area is 157 Å². The monoisotopic (exact) mass is 368 g/mol. The van der Waals surface area contributed by atoms with Crippen molar-refractivity contribution in [2.75, 3.05) is 5.32 Å². The second-order valence-electron chi connectivity index (χ2n) is 7.44. The van der Waals surface area contributed by atoms with Gasteiger partial charge in [-0.25, -0.2) is 4.98 Å². The maximum Gasteiger partial charge on any atom is 0.313 e. The molecule has 0 radical (unpaired) electrons. The molecule has 0 unspecified atom stereocenters. The Morgan fingerprint density at radius 1 is 1.04 bits per heavy atom. The largest absolute Gasteiger partial charge is 0.345 e. The summed E-state index contributed by atoms with van der Waals surface area (Å²) in [6.07, 6.45) is 7.92. The van der Waals surface area contributed by atoms with Crippen LogP contribution in [0.3, 0.4) is 0 Å². The van der Waals surface area contributed by atoms with Gasteiger partial charge in [-0.15, -0.1) is 0 Å². The van der Waals surface area contributed by atoms with Crippen molar-refractivity contribution in [2.45, 2.75) is 64.0 Å². The number of benzene rings is 1. The molecule has 7 nitrogen and oxygen atoms in total. The summed E-state index contributed by atoms with van der Waals surface area (Å²) in [4.78, 5) is 41.7. The lowest BCUT2D eigenvalue weighted by atomic mass is 10.2. The normalized spacial score (nSPS) is 17.3. The van der Waals surface area contributed by atoms with Gasteiger partial charge in [0.05, 0.1) is 10.9 Å². The highest BCUT2D eigenvalue weighted by Crippen LogP contribution is 2.19. The van der Waals surface area contributed by atoms with Crippen molar-refractivity contribution >= 4 is 28.4 Å². The van der Waals surface area contributed by atoms with Crippen LogP contribution in [0.15, 0.2) is 23.0 Å². The molecule has 1 aromatic heterocycles. The molecule has 142 valence electrons. The third-order valence-corrected chi connectivity index (χ3v) is 5.47. The molecule has 2 amide bonds. The third-order valence-electron chi connectivity index (χ3n) is 5.47. The summed E-state index contributed by atoms with van der Waals surface area (Å²) in [5.41, 5.74) is 0.979. The molecule has 1 fully saturated rings. The van der Waals surface area contributed by atoms with Crippen LogP contribution in [0.1, 0.15) is 50.8 Å². The van der Waals surface area contributed by atoms with E-state index >= 15 is 0 Å². The molecule has 1 aliphatic carbocycles. The molecule has 0 bridgehead atoms. The zero-order chi connectivity index (χ0) is 18.8. The van der Waals surface area contributed by atoms with Crippen LogP contribution in [0.2, 0.25) is 0 Å². The van der Waals surface area contributed by atoms with Gasteiger partial charge in [-0.05, 0) is 43.9 Å². The molecule has 1 aliphatic heterocycles. The van der Waals surface area contributed by atoms with Crippen molar-refractivity contribution in [3.8, 4) is 0 Å². The van der Waals surface area contributed by atoms with E-state index < -0.39 is 11.8 Å². The number of hydrogen-bond donors (Lipinski definition) is 2. The van der Waals surface area contributed by atoms with Gasteiger partial charge in [0.25, 0.3) is 5.56 Å². The Balaban J connectivity index is 1.56. The molecular weight excluding hydrogens is 344 g/mol. The molecule has 7 heteroatoms. The number of anilines is 1. The Morgan fingerprint density at radius 3 is 2.67 bits per heavy atom. The molecule has 0 spiro atoms. The zero-order valence-corrected chi connectivity index (χ0v) is 15.3. The minimum absolute atomic E-state index is 0.0802. The number of hydrogen-bond acceptors (Lipinski definition) is 4. The number of carbonyl (C=O) groups excluding carboxylic acids is 2. The van der Waals surface area contributed by atoms with Crippen LogP contribution in [-0.4, -0.2) is 27.4 Å². The summed E-state index contributed by atoms with van der Waals surface area (Å²) in [7, 11) is 0. The quantitative estimate of drug-likeness (QED) is 0.794. The lowest BCUT2D eigenvalue weighted by Crippen LogP contribution is -2.40. The fourth-order valence-electron chi connectivity index (χ4n) is 4.00. The van der Waals surface area contributed by atoms with Crippen LogP contribution in [0.4, 0.5) is 5.69 Å². The molecule has 1 saturated carbocycles. The maximum absolute atomic E-state index is 12.9. The molecule has 2 heterocycles. The highest BCUT2D eigenvalue weighted by Gasteiger charge is 2.22. The molecule has 1 aromatic carbocycles. The van der Waals surface area contributed by atoms with Gasteiger partial charge in [-0.2, -0.15) is 0 Å². The van der Waals surface area contributed by atoms with E-state index in [0.29, 0.717) is 23.1 Å². The van der Waals surface area contributed by atoms with E-state index in [4.69, 9.17) is 0 Å². The van der Waals surface area contributed by atoms with E-state index in [1.807, 2.05) is 0 Å². The van der Waals surface area contributed by atoms with Crippen molar-refractivity contribution in [1.29, 1.82) is 0 Å². The SMILES string of the molecule is O=C(Nc1ccc2nc3n(c(=O)c2c1)CCCCC3)C(=O)NC1CCCC1. The van der Waals surface area contributed by atoms with Gasteiger partial charge >= 0.3 is 11.8 Å². The van der Waals surface area contributed by atoms with Crippen LogP contribution in [0.5, 0.6) is 0 Å². The van der Waals surface area contributed by atoms with E-state index in [1.165, 1.54) is 0 Å². The second-order valence-corrected chi connectivity index (χ2v) is 7.44. The minimum atomic E-state index is -0.705. The number of carbonyl (C=O) groups is 2. The summed E-state index contributed by atoms with van der Waals surface area (Å²) < 4.78 is 1.74. The van der Waals surface area contributed by atoms with Crippen LogP contribution in [0, 0.1) is 0 Å². The highest BCUT2D eigenvalue weighted by molar-refractivity contribution is 6.39. The van der Waals surface area contributed by atoms with E-state index in [-0.39, 0.29) is 11.6 Å². The van der Waals surface area contributed by atoms with Gasteiger partial charge in [0.15, 0.2) is 0 Å². The lowest BCUT2D eigenvalue weighted by Gasteiger charge is -2.13. The topological polar surface area (TPSA) is 93.1 Å². The summed E-state index contributed by atoms with van der Waals surface area (Å²) in [6, 6.07) is 5.11. The van der Waals surface area contributed by atoms with Crippen LogP contribution in [-0.2, 0) is 22.6 Å². The molecular formula is C20H24N4O3. The average molecular weight is 368 g/mol. The molecule has 27 heavy (non-hydrogen) atoms. The van der Waals surface area contributed by atoms with Gasteiger partial charge in [-0.1, -0.05) is 19.3 Å². The summed E-state index contributed by atoms with van der Waals surface area (Å²) in [6.45, 7) is 0.678. The van der Waals surface area contributed by atoms with Gasteiger partial charge in [-0.3, -0.25) is 19.0 Å². The summed E-state index contributed by atoms with van der Waals surface area (Å²) in [5, 5.41) is 5.83. The molecule has 0 saturated heterocycles. The number of amides is 2. The first kappa shape index (κ1) is 17.7. The number of aryl methyl sites for hydroxylation is 1. The molecule has 2 aliphatic rings. The van der Waals surface area contributed by atoms with Crippen LogP contribution >= 0.6 is 0 Å². The fraction of sp³-hybridized carbons (Fsp3) is 0.500. The van der Waals surface area contributed by atoms with Gasteiger partial charge in [0.1, 0.15) is 5.82 Å². The van der Waals surface area contributed by atoms with Gasteiger partial charge in [0, 0.05) is 24.7 Å². The van der Waals surface area contributed by atoms with Crippen molar-refractivity contribution < 1.29 is 9.59 Å². The van der Waals surface area contributed by atoms with E-state index in [0.717, 1.165) is 57.2 Å². The Hall–Kier alpha value is -2.70. The standard InChI is InChI=1S/C20H24N4O3/c25-18(21-13-6-3-4-7-13)19(26)22-14-9-10-16-15(12-14)20(27)24-11-5-1-2-8-17(24)23-16/h9-10,12-13H,1-8,11H2,(H,21,25)(H,22,26).